The van der Waals surface area contributed by atoms with Crippen LogP contribution in [0.1, 0.15) is 38.1 Å². The first kappa shape index (κ1) is 28.0. The second-order valence-corrected chi connectivity index (χ2v) is 10.8. The van der Waals surface area contributed by atoms with E-state index >= 15 is 0 Å². The fraction of sp³-hybridized carbons (Fsp3) is 0.226. The monoisotopic (exact) mass is 570 g/mol. The Bertz CT molecular complexity index is 1490. The van der Waals surface area contributed by atoms with E-state index in [2.05, 4.69) is 39.9 Å². The Kier molecular flexibility index (Phi) is 8.71. The lowest BCUT2D eigenvalue weighted by molar-refractivity contribution is -0.139. The topological polar surface area (TPSA) is 121 Å². The third-order valence-corrected chi connectivity index (χ3v) is 7.75. The number of carboxylic acids is 1. The van der Waals surface area contributed by atoms with Crippen LogP contribution in [0.15, 0.2) is 84.2 Å². The van der Waals surface area contributed by atoms with Crippen LogP contribution in [0.3, 0.4) is 0 Å². The predicted molar refractivity (Wildman–Crippen MR) is 156 cm³/mol. The number of rotatable bonds is 11. The van der Waals surface area contributed by atoms with Crippen LogP contribution in [0.2, 0.25) is 0 Å². The zero-order valence-corrected chi connectivity index (χ0v) is 23.3. The summed E-state index contributed by atoms with van der Waals surface area (Å²) >= 11 is 1.20. The molecule has 1 heterocycles. The van der Waals surface area contributed by atoms with Gasteiger partial charge in [0.2, 0.25) is 0 Å². The van der Waals surface area contributed by atoms with Crippen molar-refractivity contribution in [2.75, 3.05) is 20.2 Å². The SMILES string of the molecule is CN(Cc1ccccc1)CC(NC(=O)c1csc(CNC(=O)OCC2c3ccccc3-c3ccccc32)n1)C(=O)O. The number of hydrogen-bond acceptors (Lipinski definition) is 7. The highest BCUT2D eigenvalue weighted by molar-refractivity contribution is 7.09. The molecule has 1 atom stereocenters. The molecule has 9 nitrogen and oxygen atoms in total. The Balaban J connectivity index is 1.11. The standard InChI is InChI=1S/C31H30N4O5S/c1-35(16-20-9-3-2-4-10-20)17-26(30(37)38)34-29(36)27-19-41-28(33-27)15-32-31(39)40-18-25-23-13-7-5-11-21(23)22-12-6-8-14-24(22)25/h2-14,19,25-26H,15-18H2,1H3,(H,32,39)(H,34,36)(H,37,38). The largest absolute Gasteiger partial charge is 0.480 e. The molecule has 41 heavy (non-hydrogen) atoms. The molecule has 210 valence electrons. The van der Waals surface area contributed by atoms with E-state index in [1.165, 1.54) is 16.7 Å². The zero-order chi connectivity index (χ0) is 28.8. The van der Waals surface area contributed by atoms with Crippen LogP contribution in [0.25, 0.3) is 11.1 Å². The molecule has 0 bridgehead atoms. The molecular weight excluding hydrogens is 540 g/mol. The van der Waals surface area contributed by atoms with Gasteiger partial charge in [-0.2, -0.15) is 0 Å². The number of thiazole rings is 1. The number of carboxylic acid groups (broad SMARTS) is 1. The van der Waals surface area contributed by atoms with Gasteiger partial charge in [-0.3, -0.25) is 9.69 Å². The van der Waals surface area contributed by atoms with Crippen molar-refractivity contribution in [2.24, 2.45) is 0 Å². The molecule has 1 unspecified atom stereocenters. The van der Waals surface area contributed by atoms with Crippen molar-refractivity contribution in [2.45, 2.75) is 25.0 Å². The van der Waals surface area contributed by atoms with Gasteiger partial charge in [0.1, 0.15) is 23.4 Å². The number of fused-ring (bicyclic) bond motifs is 3. The number of carbonyl (C=O) groups is 3. The summed E-state index contributed by atoms with van der Waals surface area (Å²) in [6.45, 7) is 0.941. The quantitative estimate of drug-likeness (QED) is 0.243. The van der Waals surface area contributed by atoms with Gasteiger partial charge in [-0.05, 0) is 34.9 Å². The molecule has 3 N–H and O–H groups in total. The van der Waals surface area contributed by atoms with Crippen LogP contribution in [0, 0.1) is 0 Å². The summed E-state index contributed by atoms with van der Waals surface area (Å²) in [7, 11) is 1.80. The maximum Gasteiger partial charge on any atom is 0.407 e. The van der Waals surface area contributed by atoms with Crippen LogP contribution in [0.4, 0.5) is 4.79 Å². The summed E-state index contributed by atoms with van der Waals surface area (Å²) in [5.41, 5.74) is 5.69. The number of alkyl carbamates (subject to hydrolysis) is 1. The van der Waals surface area contributed by atoms with Gasteiger partial charge >= 0.3 is 12.1 Å². The van der Waals surface area contributed by atoms with E-state index in [0.717, 1.165) is 27.8 Å². The highest BCUT2D eigenvalue weighted by atomic mass is 32.1. The van der Waals surface area contributed by atoms with E-state index in [-0.39, 0.29) is 31.3 Å². The van der Waals surface area contributed by atoms with Crippen molar-refractivity contribution in [3.05, 3.63) is 112 Å². The minimum Gasteiger partial charge on any atom is -0.480 e. The molecule has 0 saturated heterocycles. The molecule has 1 aliphatic rings. The number of aliphatic carboxylic acids is 1. The van der Waals surface area contributed by atoms with Crippen molar-refractivity contribution < 1.29 is 24.2 Å². The molecule has 10 heteroatoms. The normalized spacial score (nSPS) is 12.8. The Morgan fingerprint density at radius 1 is 0.976 bits per heavy atom. The maximum atomic E-state index is 12.7. The number of likely N-dealkylation sites (N-methyl/N-ethyl adjacent to an activating group) is 1. The van der Waals surface area contributed by atoms with Gasteiger partial charge < -0.3 is 20.5 Å². The zero-order valence-electron chi connectivity index (χ0n) is 22.4. The Hall–Kier alpha value is -4.54. The third-order valence-electron chi connectivity index (χ3n) is 6.90. The summed E-state index contributed by atoms with van der Waals surface area (Å²) in [4.78, 5) is 43.1. The summed E-state index contributed by atoms with van der Waals surface area (Å²) < 4.78 is 5.55. The Labute approximate surface area is 241 Å². The van der Waals surface area contributed by atoms with Gasteiger partial charge in [0.15, 0.2) is 0 Å². The van der Waals surface area contributed by atoms with Gasteiger partial charge in [-0.25, -0.2) is 14.6 Å². The molecule has 3 aromatic carbocycles. The number of carbonyl (C=O) groups excluding carboxylic acids is 2. The lowest BCUT2D eigenvalue weighted by Gasteiger charge is -2.22. The smallest absolute Gasteiger partial charge is 0.407 e. The molecule has 5 rings (SSSR count). The van der Waals surface area contributed by atoms with Gasteiger partial charge in [-0.15, -0.1) is 11.3 Å². The van der Waals surface area contributed by atoms with Crippen molar-refractivity contribution in [3.63, 3.8) is 0 Å². The number of amides is 2. The van der Waals surface area contributed by atoms with Gasteiger partial charge in [-0.1, -0.05) is 78.9 Å². The molecular formula is C31H30N4O5S. The van der Waals surface area contributed by atoms with Gasteiger partial charge in [0.05, 0.1) is 6.54 Å². The lowest BCUT2D eigenvalue weighted by Crippen LogP contribution is -2.47. The summed E-state index contributed by atoms with van der Waals surface area (Å²) in [5, 5.41) is 16.9. The van der Waals surface area contributed by atoms with E-state index in [4.69, 9.17) is 4.74 Å². The molecule has 0 aliphatic heterocycles. The molecule has 0 fully saturated rings. The van der Waals surface area contributed by atoms with Gasteiger partial charge in [0.25, 0.3) is 5.91 Å². The molecule has 1 aromatic heterocycles. The molecule has 4 aromatic rings. The first-order valence-electron chi connectivity index (χ1n) is 13.2. The highest BCUT2D eigenvalue weighted by Crippen LogP contribution is 2.44. The van der Waals surface area contributed by atoms with Crippen LogP contribution < -0.4 is 10.6 Å². The lowest BCUT2D eigenvalue weighted by atomic mass is 9.98. The van der Waals surface area contributed by atoms with E-state index in [1.54, 1.807) is 7.05 Å². The number of nitrogens with zero attached hydrogens (tertiary/aromatic N) is 2. The minimum atomic E-state index is -1.13. The van der Waals surface area contributed by atoms with Crippen LogP contribution in [-0.4, -0.2) is 59.2 Å². The molecule has 1 aliphatic carbocycles. The molecule has 0 saturated carbocycles. The molecule has 0 spiro atoms. The van der Waals surface area contributed by atoms with Crippen molar-refractivity contribution in [3.8, 4) is 11.1 Å². The Morgan fingerprint density at radius 3 is 2.27 bits per heavy atom. The number of ether oxygens (including phenoxy) is 1. The Morgan fingerprint density at radius 2 is 1.61 bits per heavy atom. The van der Waals surface area contributed by atoms with E-state index < -0.39 is 24.0 Å². The van der Waals surface area contributed by atoms with Crippen molar-refractivity contribution in [1.82, 2.24) is 20.5 Å². The summed E-state index contributed by atoms with van der Waals surface area (Å²) in [5.74, 6) is -1.77. The average molecular weight is 571 g/mol. The summed E-state index contributed by atoms with van der Waals surface area (Å²) in [6.07, 6.45) is -0.583. The number of nitrogens with one attached hydrogen (secondary N) is 2. The second kappa shape index (κ2) is 12.8. The van der Waals surface area contributed by atoms with Crippen LogP contribution in [0.5, 0.6) is 0 Å². The predicted octanol–water partition coefficient (Wildman–Crippen LogP) is 4.50. The first-order valence-corrected chi connectivity index (χ1v) is 14.1. The van der Waals surface area contributed by atoms with Crippen molar-refractivity contribution in [1.29, 1.82) is 0 Å². The average Bonchev–Trinajstić information content (AvgIpc) is 3.58. The van der Waals surface area contributed by atoms with E-state index in [9.17, 15) is 19.5 Å². The van der Waals surface area contributed by atoms with Crippen molar-refractivity contribution >= 4 is 29.3 Å². The highest BCUT2D eigenvalue weighted by Gasteiger charge is 2.29. The molecule has 2 amide bonds. The van der Waals surface area contributed by atoms with Crippen LogP contribution >= 0.6 is 11.3 Å². The molecule has 0 radical (unpaired) electrons. The number of hydrogen-bond donors (Lipinski definition) is 3. The second-order valence-electron chi connectivity index (χ2n) is 9.85. The fourth-order valence-electron chi connectivity index (χ4n) is 4.98. The summed E-state index contributed by atoms with van der Waals surface area (Å²) in [6, 6.07) is 24.8. The fourth-order valence-corrected chi connectivity index (χ4v) is 5.70. The van der Waals surface area contributed by atoms with E-state index in [0.29, 0.717) is 11.6 Å². The van der Waals surface area contributed by atoms with Gasteiger partial charge in [0, 0.05) is 24.4 Å². The first-order chi connectivity index (χ1) is 19.9. The van der Waals surface area contributed by atoms with E-state index in [1.807, 2.05) is 59.5 Å². The number of aromatic nitrogens is 1. The maximum absolute atomic E-state index is 12.7. The number of benzene rings is 3. The van der Waals surface area contributed by atoms with Crippen LogP contribution in [-0.2, 0) is 22.6 Å². The third kappa shape index (κ3) is 6.79. The minimum absolute atomic E-state index is 0.0442.